The highest BCUT2D eigenvalue weighted by Gasteiger charge is 2.19. The number of rotatable bonds is 1. The summed E-state index contributed by atoms with van der Waals surface area (Å²) in [5, 5.41) is 9.29. The van der Waals surface area contributed by atoms with Gasteiger partial charge >= 0.3 is 0 Å². The third-order valence-corrected chi connectivity index (χ3v) is 3.07. The first-order chi connectivity index (χ1) is 5.84. The molecule has 0 amide bonds. The Morgan fingerprint density at radius 3 is 2.38 bits per heavy atom. The fourth-order valence-corrected chi connectivity index (χ4v) is 2.38. The highest BCUT2D eigenvalue weighted by Crippen LogP contribution is 2.34. The van der Waals surface area contributed by atoms with Crippen molar-refractivity contribution < 1.29 is 13.5 Å². The molecular weight excluding hydrogens is 214 g/mol. The standard InChI is InChI=1S/C7H8ClNO3S/c1-13(11,12)7-4(8)2-3-5(9)6(7)10/h2-3,10H,9H2,1H3. The number of sulfone groups is 1. The number of nitrogen functional groups attached to an aromatic ring is 1. The van der Waals surface area contributed by atoms with Gasteiger partial charge in [-0.2, -0.15) is 0 Å². The Balaban J connectivity index is 3.62. The van der Waals surface area contributed by atoms with Crippen LogP contribution in [0.15, 0.2) is 17.0 Å². The number of benzene rings is 1. The van der Waals surface area contributed by atoms with E-state index in [9.17, 15) is 13.5 Å². The van der Waals surface area contributed by atoms with Gasteiger partial charge in [0.05, 0.1) is 10.7 Å². The van der Waals surface area contributed by atoms with E-state index < -0.39 is 15.6 Å². The molecule has 0 unspecified atom stereocenters. The van der Waals surface area contributed by atoms with E-state index in [1.165, 1.54) is 12.1 Å². The summed E-state index contributed by atoms with van der Waals surface area (Å²) >= 11 is 5.59. The lowest BCUT2D eigenvalue weighted by atomic mass is 10.3. The molecular formula is C7H8ClNO3S. The lowest BCUT2D eigenvalue weighted by molar-refractivity contribution is 0.462. The van der Waals surface area contributed by atoms with Crippen LogP contribution in [0.5, 0.6) is 5.75 Å². The Kier molecular flexibility index (Phi) is 2.40. The van der Waals surface area contributed by atoms with Crippen LogP contribution in [-0.4, -0.2) is 19.8 Å². The number of hydrogen-bond donors (Lipinski definition) is 2. The van der Waals surface area contributed by atoms with Crippen LogP contribution in [0.25, 0.3) is 0 Å². The zero-order valence-corrected chi connectivity index (χ0v) is 8.35. The SMILES string of the molecule is CS(=O)(=O)c1c(Cl)ccc(N)c1O. The number of halogens is 1. The number of nitrogens with two attached hydrogens (primary N) is 1. The van der Waals surface area contributed by atoms with Crippen LogP contribution in [0.2, 0.25) is 5.02 Å². The van der Waals surface area contributed by atoms with Gasteiger partial charge in [0.25, 0.3) is 0 Å². The van der Waals surface area contributed by atoms with Crippen LogP contribution >= 0.6 is 11.6 Å². The molecule has 0 saturated carbocycles. The maximum Gasteiger partial charge on any atom is 0.180 e. The molecule has 0 heterocycles. The van der Waals surface area contributed by atoms with Gasteiger partial charge in [-0.05, 0) is 12.1 Å². The van der Waals surface area contributed by atoms with Gasteiger partial charge in [0.2, 0.25) is 0 Å². The van der Waals surface area contributed by atoms with Crippen molar-refractivity contribution in [2.75, 3.05) is 12.0 Å². The molecule has 1 rings (SSSR count). The predicted molar refractivity (Wildman–Crippen MR) is 50.6 cm³/mol. The van der Waals surface area contributed by atoms with E-state index in [0.29, 0.717) is 0 Å². The van der Waals surface area contributed by atoms with E-state index in [0.717, 1.165) is 6.26 Å². The molecule has 0 aromatic heterocycles. The lowest BCUT2D eigenvalue weighted by Gasteiger charge is -2.06. The molecule has 1 aromatic carbocycles. The van der Waals surface area contributed by atoms with Crippen LogP contribution in [0.4, 0.5) is 5.69 Å². The van der Waals surface area contributed by atoms with E-state index in [4.69, 9.17) is 17.3 Å². The van der Waals surface area contributed by atoms with Gasteiger partial charge in [0.1, 0.15) is 4.90 Å². The van der Waals surface area contributed by atoms with Gasteiger partial charge in [-0.3, -0.25) is 0 Å². The summed E-state index contributed by atoms with van der Waals surface area (Å²) in [6, 6.07) is 2.67. The van der Waals surface area contributed by atoms with Gasteiger partial charge in [-0.25, -0.2) is 8.42 Å². The first-order valence-electron chi connectivity index (χ1n) is 3.31. The monoisotopic (exact) mass is 221 g/mol. The Labute approximate surface area is 80.9 Å². The van der Waals surface area contributed by atoms with Crippen molar-refractivity contribution in [1.29, 1.82) is 0 Å². The predicted octanol–water partition coefficient (Wildman–Crippen LogP) is 1.03. The molecule has 0 atom stereocenters. The zero-order valence-electron chi connectivity index (χ0n) is 6.78. The van der Waals surface area contributed by atoms with Crippen molar-refractivity contribution in [3.63, 3.8) is 0 Å². The molecule has 0 radical (unpaired) electrons. The Morgan fingerprint density at radius 2 is 2.00 bits per heavy atom. The lowest BCUT2D eigenvalue weighted by Crippen LogP contribution is -2.00. The minimum Gasteiger partial charge on any atom is -0.504 e. The maximum absolute atomic E-state index is 11.1. The molecule has 0 fully saturated rings. The molecule has 0 aliphatic rings. The third kappa shape index (κ3) is 1.87. The van der Waals surface area contributed by atoms with Gasteiger partial charge in [-0.1, -0.05) is 11.6 Å². The third-order valence-electron chi connectivity index (χ3n) is 1.49. The van der Waals surface area contributed by atoms with E-state index in [1.54, 1.807) is 0 Å². The van der Waals surface area contributed by atoms with Crippen molar-refractivity contribution in [3.05, 3.63) is 17.2 Å². The Hall–Kier alpha value is -0.940. The summed E-state index contributed by atoms with van der Waals surface area (Å²) in [5.41, 5.74) is 5.30. The van der Waals surface area contributed by atoms with Crippen LogP contribution in [0.3, 0.4) is 0 Å². The first-order valence-corrected chi connectivity index (χ1v) is 5.58. The van der Waals surface area contributed by atoms with Gasteiger partial charge in [-0.15, -0.1) is 0 Å². The minimum atomic E-state index is -3.55. The molecule has 3 N–H and O–H groups in total. The minimum absolute atomic E-state index is 0.00942. The van der Waals surface area contributed by atoms with E-state index in [1.807, 2.05) is 0 Å². The number of phenolic OH excluding ortho intramolecular Hbond substituents is 1. The van der Waals surface area contributed by atoms with Crippen LogP contribution in [0.1, 0.15) is 0 Å². The summed E-state index contributed by atoms with van der Waals surface area (Å²) in [5.74, 6) is -0.491. The molecule has 13 heavy (non-hydrogen) atoms. The number of aromatic hydroxyl groups is 1. The molecule has 6 heteroatoms. The fraction of sp³-hybridized carbons (Fsp3) is 0.143. The van der Waals surface area contributed by atoms with E-state index in [2.05, 4.69) is 0 Å². The maximum atomic E-state index is 11.1. The smallest absolute Gasteiger partial charge is 0.180 e. The summed E-state index contributed by atoms with van der Waals surface area (Å²) in [6.45, 7) is 0. The molecule has 4 nitrogen and oxygen atoms in total. The number of anilines is 1. The van der Waals surface area contributed by atoms with Crippen LogP contribution in [0, 0.1) is 0 Å². The van der Waals surface area contributed by atoms with Crippen molar-refractivity contribution in [3.8, 4) is 5.75 Å². The summed E-state index contributed by atoms with van der Waals surface area (Å²) in [6.07, 6.45) is 0.952. The topological polar surface area (TPSA) is 80.4 Å². The second kappa shape index (κ2) is 3.08. The molecule has 0 aliphatic carbocycles. The molecule has 0 aliphatic heterocycles. The summed E-state index contributed by atoms with van der Waals surface area (Å²) in [4.78, 5) is -0.325. The normalized spacial score (nSPS) is 11.5. The van der Waals surface area contributed by atoms with Crippen LogP contribution in [-0.2, 0) is 9.84 Å². The molecule has 0 spiro atoms. The van der Waals surface area contributed by atoms with Crippen molar-refractivity contribution in [2.24, 2.45) is 0 Å². The van der Waals surface area contributed by atoms with Gasteiger partial charge in [0.15, 0.2) is 15.6 Å². The second-order valence-electron chi connectivity index (χ2n) is 2.59. The largest absolute Gasteiger partial charge is 0.504 e. The zero-order chi connectivity index (χ0) is 10.2. The first kappa shape index (κ1) is 10.1. The average molecular weight is 222 g/mol. The molecule has 0 saturated heterocycles. The van der Waals surface area contributed by atoms with Gasteiger partial charge < -0.3 is 10.8 Å². The number of phenols is 1. The summed E-state index contributed by atoms with van der Waals surface area (Å²) in [7, 11) is -3.55. The Bertz CT molecular complexity index is 441. The second-order valence-corrected chi connectivity index (χ2v) is 4.95. The highest BCUT2D eigenvalue weighted by molar-refractivity contribution is 7.91. The van der Waals surface area contributed by atoms with Crippen molar-refractivity contribution >= 4 is 27.1 Å². The molecule has 72 valence electrons. The fourth-order valence-electron chi connectivity index (χ4n) is 0.914. The number of hydrogen-bond acceptors (Lipinski definition) is 4. The van der Waals surface area contributed by atoms with E-state index in [-0.39, 0.29) is 15.6 Å². The van der Waals surface area contributed by atoms with E-state index >= 15 is 0 Å². The highest BCUT2D eigenvalue weighted by atomic mass is 35.5. The molecule has 0 bridgehead atoms. The summed E-state index contributed by atoms with van der Waals surface area (Å²) < 4.78 is 22.3. The van der Waals surface area contributed by atoms with Crippen molar-refractivity contribution in [1.82, 2.24) is 0 Å². The van der Waals surface area contributed by atoms with Crippen molar-refractivity contribution in [2.45, 2.75) is 4.90 Å². The Morgan fingerprint density at radius 1 is 1.46 bits per heavy atom. The van der Waals surface area contributed by atoms with Crippen LogP contribution < -0.4 is 5.73 Å². The quantitative estimate of drug-likeness (QED) is 0.548. The molecule has 1 aromatic rings. The average Bonchev–Trinajstić information content (AvgIpc) is 1.95. The van der Waals surface area contributed by atoms with Gasteiger partial charge in [0, 0.05) is 6.26 Å².